The molecule has 7 nitrogen and oxygen atoms in total. The minimum absolute atomic E-state index is 0.0918. The molecule has 1 aliphatic rings. The molecular formula is C14H25N3O4. The Morgan fingerprint density at radius 3 is 2.19 bits per heavy atom. The number of carboxylic acids is 1. The van der Waals surface area contributed by atoms with Gasteiger partial charge in [-0.1, -0.05) is 20.3 Å². The smallest absolute Gasteiger partial charge is 0.315 e. The van der Waals surface area contributed by atoms with Crippen molar-refractivity contribution in [1.29, 1.82) is 0 Å². The van der Waals surface area contributed by atoms with E-state index in [1.165, 1.54) is 0 Å². The van der Waals surface area contributed by atoms with E-state index in [4.69, 9.17) is 5.11 Å². The highest BCUT2D eigenvalue weighted by molar-refractivity contribution is 5.87. The molecule has 0 aromatic heterocycles. The second kappa shape index (κ2) is 7.28. The Kier molecular flexibility index (Phi) is 5.99. The first-order valence-electron chi connectivity index (χ1n) is 7.32. The van der Waals surface area contributed by atoms with Crippen molar-refractivity contribution in [3.8, 4) is 0 Å². The molecule has 120 valence electrons. The first-order valence-corrected chi connectivity index (χ1v) is 7.32. The number of aliphatic carboxylic acids is 1. The van der Waals surface area contributed by atoms with Crippen molar-refractivity contribution >= 4 is 17.9 Å². The summed E-state index contributed by atoms with van der Waals surface area (Å²) in [5.41, 5.74) is -0.833. The summed E-state index contributed by atoms with van der Waals surface area (Å²) < 4.78 is 0. The van der Waals surface area contributed by atoms with Crippen molar-refractivity contribution < 1.29 is 19.5 Å². The van der Waals surface area contributed by atoms with E-state index in [0.29, 0.717) is 25.3 Å². The Morgan fingerprint density at radius 1 is 1.14 bits per heavy atom. The molecule has 0 saturated heterocycles. The zero-order chi connectivity index (χ0) is 16.0. The van der Waals surface area contributed by atoms with Crippen molar-refractivity contribution in [3.05, 3.63) is 0 Å². The number of nitrogens with one attached hydrogen (secondary N) is 3. The van der Waals surface area contributed by atoms with Gasteiger partial charge in [-0.3, -0.25) is 9.59 Å². The summed E-state index contributed by atoms with van der Waals surface area (Å²) in [6.45, 7) is 6.19. The Morgan fingerprint density at radius 2 is 1.76 bits per heavy atom. The molecule has 4 N–H and O–H groups in total. The zero-order valence-electron chi connectivity index (χ0n) is 12.9. The average molecular weight is 299 g/mol. The number of rotatable bonds is 7. The van der Waals surface area contributed by atoms with E-state index in [1.807, 2.05) is 13.8 Å². The van der Waals surface area contributed by atoms with Crippen LogP contribution in [-0.4, -0.2) is 42.1 Å². The van der Waals surface area contributed by atoms with Crippen LogP contribution < -0.4 is 16.0 Å². The normalized spacial score (nSPS) is 17.5. The molecule has 0 bridgehead atoms. The number of carboxylic acid groups (broad SMARTS) is 1. The fourth-order valence-electron chi connectivity index (χ4n) is 2.09. The largest absolute Gasteiger partial charge is 0.481 e. The molecule has 1 rings (SSSR count). The molecule has 1 unspecified atom stereocenters. The van der Waals surface area contributed by atoms with Crippen molar-refractivity contribution in [3.63, 3.8) is 0 Å². The van der Waals surface area contributed by atoms with Crippen LogP contribution in [0.4, 0.5) is 4.79 Å². The lowest BCUT2D eigenvalue weighted by Gasteiger charge is -2.37. The van der Waals surface area contributed by atoms with E-state index < -0.39 is 23.5 Å². The molecule has 0 spiro atoms. The molecule has 1 aliphatic carbocycles. The summed E-state index contributed by atoms with van der Waals surface area (Å²) in [6.07, 6.45) is 2.02. The molecule has 0 aromatic carbocycles. The lowest BCUT2D eigenvalue weighted by Crippen LogP contribution is -2.53. The topological polar surface area (TPSA) is 108 Å². The third-order valence-corrected chi connectivity index (χ3v) is 3.78. The number of urea groups is 1. The lowest BCUT2D eigenvalue weighted by atomic mass is 9.69. The lowest BCUT2D eigenvalue weighted by molar-refractivity contribution is -0.153. The molecule has 3 amide bonds. The van der Waals surface area contributed by atoms with Gasteiger partial charge < -0.3 is 21.1 Å². The van der Waals surface area contributed by atoms with E-state index in [9.17, 15) is 14.4 Å². The highest BCUT2D eigenvalue weighted by Gasteiger charge is 2.44. The zero-order valence-corrected chi connectivity index (χ0v) is 12.9. The van der Waals surface area contributed by atoms with E-state index in [0.717, 1.165) is 6.42 Å². The van der Waals surface area contributed by atoms with Crippen LogP contribution in [0.5, 0.6) is 0 Å². The highest BCUT2D eigenvalue weighted by atomic mass is 16.4. The summed E-state index contributed by atoms with van der Waals surface area (Å²) in [7, 11) is 0. The van der Waals surface area contributed by atoms with E-state index in [-0.39, 0.29) is 12.5 Å². The van der Waals surface area contributed by atoms with Gasteiger partial charge in [0.05, 0.1) is 5.41 Å². The molecule has 1 fully saturated rings. The van der Waals surface area contributed by atoms with Crippen molar-refractivity contribution in [2.45, 2.75) is 46.1 Å². The summed E-state index contributed by atoms with van der Waals surface area (Å²) >= 11 is 0. The standard InChI is InChI=1S/C14H25N3O4/c1-9(2)7-15-11(18)10(3)17-13(21)16-8-14(12(19)20)5-4-6-14/h9-10H,4-8H2,1-3H3,(H,15,18)(H,19,20)(H2,16,17,21). The number of hydrogen-bond acceptors (Lipinski definition) is 3. The highest BCUT2D eigenvalue weighted by Crippen LogP contribution is 2.40. The van der Waals surface area contributed by atoms with Crippen molar-refractivity contribution in [2.75, 3.05) is 13.1 Å². The SMILES string of the molecule is CC(C)CNC(=O)C(C)NC(=O)NCC1(C(=O)O)CCC1. The molecule has 0 aromatic rings. The molecule has 1 atom stereocenters. The average Bonchev–Trinajstić information content (AvgIpc) is 2.33. The van der Waals surface area contributed by atoms with Crippen LogP contribution in [0.2, 0.25) is 0 Å². The predicted molar refractivity (Wildman–Crippen MR) is 77.8 cm³/mol. The first-order chi connectivity index (χ1) is 9.77. The van der Waals surface area contributed by atoms with Gasteiger partial charge >= 0.3 is 12.0 Å². The number of carbonyl (C=O) groups excluding carboxylic acids is 2. The number of hydrogen-bond donors (Lipinski definition) is 4. The summed E-state index contributed by atoms with van der Waals surface area (Å²) in [5.74, 6) is -0.795. The Balaban J connectivity index is 2.33. The maximum atomic E-state index is 11.7. The Hall–Kier alpha value is -1.79. The van der Waals surface area contributed by atoms with Gasteiger partial charge in [-0.15, -0.1) is 0 Å². The summed E-state index contributed by atoms with van der Waals surface area (Å²) in [4.78, 5) is 34.6. The van der Waals surface area contributed by atoms with Gasteiger partial charge in [0, 0.05) is 13.1 Å². The Labute approximate surface area is 124 Å². The quantitative estimate of drug-likeness (QED) is 0.555. The second-order valence-corrected chi connectivity index (χ2v) is 6.13. The minimum Gasteiger partial charge on any atom is -0.481 e. The predicted octanol–water partition coefficient (Wildman–Crippen LogP) is 0.701. The Bertz CT molecular complexity index is 405. The van der Waals surface area contributed by atoms with Crippen molar-refractivity contribution in [1.82, 2.24) is 16.0 Å². The number of carbonyl (C=O) groups is 3. The molecule has 0 aliphatic heterocycles. The molecule has 0 heterocycles. The summed E-state index contributed by atoms with van der Waals surface area (Å²) in [5, 5.41) is 16.9. The van der Waals surface area contributed by atoms with Gasteiger partial charge in [0.1, 0.15) is 6.04 Å². The van der Waals surface area contributed by atoms with Crippen LogP contribution in [0.25, 0.3) is 0 Å². The third kappa shape index (κ3) is 4.91. The van der Waals surface area contributed by atoms with Crippen LogP contribution in [0, 0.1) is 11.3 Å². The van der Waals surface area contributed by atoms with Gasteiger partial charge in [0.15, 0.2) is 0 Å². The number of amides is 3. The van der Waals surface area contributed by atoms with E-state index >= 15 is 0 Å². The van der Waals surface area contributed by atoms with Crippen LogP contribution in [0.1, 0.15) is 40.0 Å². The van der Waals surface area contributed by atoms with Crippen LogP contribution in [0.3, 0.4) is 0 Å². The van der Waals surface area contributed by atoms with Gasteiger partial charge in [-0.05, 0) is 25.7 Å². The maximum Gasteiger partial charge on any atom is 0.315 e. The van der Waals surface area contributed by atoms with Crippen LogP contribution >= 0.6 is 0 Å². The first kappa shape index (κ1) is 17.3. The van der Waals surface area contributed by atoms with Crippen LogP contribution in [-0.2, 0) is 9.59 Å². The maximum absolute atomic E-state index is 11.7. The molecule has 21 heavy (non-hydrogen) atoms. The van der Waals surface area contributed by atoms with Gasteiger partial charge in [0.2, 0.25) is 5.91 Å². The van der Waals surface area contributed by atoms with E-state index in [2.05, 4.69) is 16.0 Å². The fraction of sp³-hybridized carbons (Fsp3) is 0.786. The minimum atomic E-state index is -0.878. The second-order valence-electron chi connectivity index (χ2n) is 6.13. The van der Waals surface area contributed by atoms with Gasteiger partial charge in [0.25, 0.3) is 0 Å². The van der Waals surface area contributed by atoms with E-state index in [1.54, 1.807) is 6.92 Å². The monoisotopic (exact) mass is 299 g/mol. The molecular weight excluding hydrogens is 274 g/mol. The third-order valence-electron chi connectivity index (χ3n) is 3.78. The molecule has 7 heteroatoms. The van der Waals surface area contributed by atoms with Gasteiger partial charge in [-0.25, -0.2) is 4.79 Å². The molecule has 0 radical (unpaired) electrons. The van der Waals surface area contributed by atoms with Crippen molar-refractivity contribution in [2.24, 2.45) is 11.3 Å². The van der Waals surface area contributed by atoms with Gasteiger partial charge in [-0.2, -0.15) is 0 Å². The summed E-state index contributed by atoms with van der Waals surface area (Å²) in [6, 6.07) is -1.18. The fourth-order valence-corrected chi connectivity index (χ4v) is 2.09. The van der Waals surface area contributed by atoms with Crippen LogP contribution in [0.15, 0.2) is 0 Å². The molecule has 1 saturated carbocycles.